The quantitative estimate of drug-likeness (QED) is 0.909. The number of halogens is 3. The molecule has 1 aromatic heterocycles. The van der Waals surface area contributed by atoms with Crippen LogP contribution in [0.1, 0.15) is 21.5 Å². The van der Waals surface area contributed by atoms with E-state index in [4.69, 9.17) is 9.63 Å². The van der Waals surface area contributed by atoms with Crippen molar-refractivity contribution in [1.29, 1.82) is 0 Å². The molecule has 2 aromatic rings. The molecule has 100 valence electrons. The maximum Gasteiger partial charge on any atom is 0.416 e. The summed E-state index contributed by atoms with van der Waals surface area (Å²) in [5, 5.41) is 12.3. The summed E-state index contributed by atoms with van der Waals surface area (Å²) in [7, 11) is 0. The zero-order chi connectivity index (χ0) is 14.2. The Kier molecular flexibility index (Phi) is 3.05. The number of aromatic nitrogens is 1. The molecule has 0 saturated carbocycles. The van der Waals surface area contributed by atoms with Crippen molar-refractivity contribution in [2.45, 2.75) is 13.1 Å². The van der Waals surface area contributed by atoms with Crippen molar-refractivity contribution < 1.29 is 27.6 Å². The Morgan fingerprint density at radius 2 is 2.05 bits per heavy atom. The minimum absolute atomic E-state index is 0.0567. The van der Waals surface area contributed by atoms with E-state index in [1.165, 1.54) is 13.0 Å². The monoisotopic (exact) mass is 271 g/mol. The Balaban J connectivity index is 2.53. The summed E-state index contributed by atoms with van der Waals surface area (Å²) < 4.78 is 42.4. The fraction of sp³-hybridized carbons (Fsp3) is 0.167. The molecule has 4 nitrogen and oxygen atoms in total. The first-order valence-electron chi connectivity index (χ1n) is 5.17. The lowest BCUT2D eigenvalue weighted by Gasteiger charge is -2.09. The maximum absolute atomic E-state index is 12.5. The number of hydrogen-bond donors (Lipinski definition) is 1. The van der Waals surface area contributed by atoms with Gasteiger partial charge in [-0.25, -0.2) is 4.79 Å². The lowest BCUT2D eigenvalue weighted by atomic mass is 10.0. The molecule has 0 aliphatic heterocycles. The second-order valence-corrected chi connectivity index (χ2v) is 3.90. The minimum atomic E-state index is -4.44. The second-order valence-electron chi connectivity index (χ2n) is 3.90. The van der Waals surface area contributed by atoms with Crippen LogP contribution in [-0.4, -0.2) is 16.2 Å². The Morgan fingerprint density at radius 1 is 1.37 bits per heavy atom. The van der Waals surface area contributed by atoms with Crippen molar-refractivity contribution in [1.82, 2.24) is 5.16 Å². The van der Waals surface area contributed by atoms with Gasteiger partial charge < -0.3 is 9.63 Å². The van der Waals surface area contributed by atoms with Crippen LogP contribution in [0, 0.1) is 6.92 Å². The van der Waals surface area contributed by atoms with Gasteiger partial charge in [-0.3, -0.25) is 0 Å². The SMILES string of the molecule is Cc1cc(C(F)(F)F)ccc1-c1oncc1C(=O)O. The molecule has 0 aliphatic carbocycles. The van der Waals surface area contributed by atoms with Gasteiger partial charge in [-0.05, 0) is 24.6 Å². The van der Waals surface area contributed by atoms with Crippen LogP contribution in [0.25, 0.3) is 11.3 Å². The third kappa shape index (κ3) is 2.44. The van der Waals surface area contributed by atoms with E-state index in [0.29, 0.717) is 0 Å². The van der Waals surface area contributed by atoms with Crippen LogP contribution in [0.15, 0.2) is 28.9 Å². The van der Waals surface area contributed by atoms with E-state index in [9.17, 15) is 18.0 Å². The van der Waals surface area contributed by atoms with E-state index in [-0.39, 0.29) is 22.5 Å². The average Bonchev–Trinajstić information content (AvgIpc) is 2.76. The van der Waals surface area contributed by atoms with Gasteiger partial charge in [-0.1, -0.05) is 11.2 Å². The first kappa shape index (κ1) is 13.1. The third-order valence-electron chi connectivity index (χ3n) is 2.60. The van der Waals surface area contributed by atoms with Gasteiger partial charge in [-0.15, -0.1) is 0 Å². The Morgan fingerprint density at radius 3 is 2.58 bits per heavy atom. The van der Waals surface area contributed by atoms with E-state index < -0.39 is 17.7 Å². The molecule has 7 heteroatoms. The topological polar surface area (TPSA) is 63.3 Å². The van der Waals surface area contributed by atoms with Gasteiger partial charge >= 0.3 is 12.1 Å². The van der Waals surface area contributed by atoms with Crippen LogP contribution in [0.5, 0.6) is 0 Å². The first-order valence-corrected chi connectivity index (χ1v) is 5.17. The molecule has 0 radical (unpaired) electrons. The molecule has 19 heavy (non-hydrogen) atoms. The van der Waals surface area contributed by atoms with Gasteiger partial charge in [0, 0.05) is 5.56 Å². The lowest BCUT2D eigenvalue weighted by Crippen LogP contribution is -2.05. The Hall–Kier alpha value is -2.31. The van der Waals surface area contributed by atoms with Gasteiger partial charge in [0.2, 0.25) is 0 Å². The number of carboxylic acids is 1. The van der Waals surface area contributed by atoms with Gasteiger partial charge in [0.25, 0.3) is 0 Å². The Bertz CT molecular complexity index is 631. The highest BCUT2D eigenvalue weighted by molar-refractivity contribution is 5.94. The highest BCUT2D eigenvalue weighted by Crippen LogP contribution is 2.34. The number of carboxylic acid groups (broad SMARTS) is 1. The number of carbonyl (C=O) groups is 1. The summed E-state index contributed by atoms with van der Waals surface area (Å²) in [6.45, 7) is 1.44. The molecular formula is C12H8F3NO3. The molecule has 2 rings (SSSR count). The fourth-order valence-corrected chi connectivity index (χ4v) is 1.68. The van der Waals surface area contributed by atoms with Crippen LogP contribution >= 0.6 is 0 Å². The smallest absolute Gasteiger partial charge is 0.416 e. The molecule has 0 aliphatic rings. The minimum Gasteiger partial charge on any atom is -0.477 e. The van der Waals surface area contributed by atoms with Gasteiger partial charge in [-0.2, -0.15) is 13.2 Å². The largest absolute Gasteiger partial charge is 0.477 e. The van der Waals surface area contributed by atoms with Crippen molar-refractivity contribution in [2.24, 2.45) is 0 Å². The van der Waals surface area contributed by atoms with Crippen molar-refractivity contribution in [3.63, 3.8) is 0 Å². The standard InChI is InChI=1S/C12H8F3NO3/c1-6-4-7(12(13,14)15)2-3-8(6)10-9(11(17)18)5-16-19-10/h2-5H,1H3,(H,17,18). The zero-order valence-corrected chi connectivity index (χ0v) is 9.65. The summed E-state index contributed by atoms with van der Waals surface area (Å²) >= 11 is 0. The van der Waals surface area contributed by atoms with Crippen molar-refractivity contribution in [2.75, 3.05) is 0 Å². The summed E-state index contributed by atoms with van der Waals surface area (Å²) in [5.74, 6) is -1.31. The number of benzene rings is 1. The highest BCUT2D eigenvalue weighted by atomic mass is 19.4. The number of alkyl halides is 3. The summed E-state index contributed by atoms with van der Waals surface area (Å²) in [6.07, 6.45) is -3.44. The maximum atomic E-state index is 12.5. The van der Waals surface area contributed by atoms with Crippen LogP contribution in [-0.2, 0) is 6.18 Å². The van der Waals surface area contributed by atoms with Crippen molar-refractivity contribution >= 4 is 5.97 Å². The average molecular weight is 271 g/mol. The molecule has 0 unspecified atom stereocenters. The predicted molar refractivity (Wildman–Crippen MR) is 58.6 cm³/mol. The van der Waals surface area contributed by atoms with E-state index >= 15 is 0 Å². The summed E-state index contributed by atoms with van der Waals surface area (Å²) in [6, 6.07) is 2.98. The number of rotatable bonds is 2. The summed E-state index contributed by atoms with van der Waals surface area (Å²) in [4.78, 5) is 10.9. The summed E-state index contributed by atoms with van der Waals surface area (Å²) in [5.41, 5.74) is -0.468. The van der Waals surface area contributed by atoms with Crippen LogP contribution in [0.3, 0.4) is 0 Å². The molecular weight excluding hydrogens is 263 g/mol. The molecule has 1 aromatic carbocycles. The molecule has 0 bridgehead atoms. The van der Waals surface area contributed by atoms with Crippen LogP contribution < -0.4 is 0 Å². The van der Waals surface area contributed by atoms with E-state index in [1.807, 2.05) is 0 Å². The predicted octanol–water partition coefficient (Wildman–Crippen LogP) is 3.37. The van der Waals surface area contributed by atoms with E-state index in [2.05, 4.69) is 5.16 Å². The lowest BCUT2D eigenvalue weighted by molar-refractivity contribution is -0.137. The molecule has 0 spiro atoms. The molecule has 0 saturated heterocycles. The molecule has 1 N–H and O–H groups in total. The number of nitrogens with zero attached hydrogens (tertiary/aromatic N) is 1. The normalized spacial score (nSPS) is 11.6. The molecule has 0 fully saturated rings. The Labute approximate surface area is 105 Å². The van der Waals surface area contributed by atoms with Crippen molar-refractivity contribution in [3.8, 4) is 11.3 Å². The van der Waals surface area contributed by atoms with E-state index in [0.717, 1.165) is 18.3 Å². The van der Waals surface area contributed by atoms with E-state index in [1.54, 1.807) is 0 Å². The zero-order valence-electron chi connectivity index (χ0n) is 9.65. The van der Waals surface area contributed by atoms with Gasteiger partial charge in [0.15, 0.2) is 5.76 Å². The van der Waals surface area contributed by atoms with Gasteiger partial charge in [0.1, 0.15) is 5.56 Å². The second kappa shape index (κ2) is 4.42. The van der Waals surface area contributed by atoms with Crippen LogP contribution in [0.2, 0.25) is 0 Å². The fourth-order valence-electron chi connectivity index (χ4n) is 1.68. The third-order valence-corrected chi connectivity index (χ3v) is 2.60. The molecule has 0 atom stereocenters. The number of aryl methyl sites for hydroxylation is 1. The van der Waals surface area contributed by atoms with Crippen molar-refractivity contribution in [3.05, 3.63) is 41.1 Å². The van der Waals surface area contributed by atoms with Crippen LogP contribution in [0.4, 0.5) is 13.2 Å². The molecule has 0 amide bonds. The highest BCUT2D eigenvalue weighted by Gasteiger charge is 2.31. The first-order chi connectivity index (χ1) is 8.80. The van der Waals surface area contributed by atoms with Gasteiger partial charge in [0.05, 0.1) is 11.8 Å². The molecule has 1 heterocycles. The number of hydrogen-bond acceptors (Lipinski definition) is 3. The number of aromatic carboxylic acids is 1.